The molecule has 0 fully saturated rings. The standard InChI is InChI=1S/C13H19NO/c1-4-5-6-11(3)14-13-8-7-12(15)9-10(13)2/h4,7-9,11,14-15H,1,5-6H2,2-3H3. The number of allylic oxidation sites excluding steroid dienone is 1. The largest absolute Gasteiger partial charge is 0.508 e. The summed E-state index contributed by atoms with van der Waals surface area (Å²) in [6, 6.07) is 5.80. The van der Waals surface area contributed by atoms with Crippen LogP contribution < -0.4 is 5.32 Å². The Kier molecular flexibility index (Phi) is 4.22. The normalized spacial score (nSPS) is 12.1. The molecule has 2 nitrogen and oxygen atoms in total. The van der Waals surface area contributed by atoms with E-state index in [2.05, 4.69) is 18.8 Å². The van der Waals surface area contributed by atoms with E-state index in [-0.39, 0.29) is 0 Å². The highest BCUT2D eigenvalue weighted by Gasteiger charge is 2.03. The minimum absolute atomic E-state index is 0.316. The molecule has 1 unspecified atom stereocenters. The van der Waals surface area contributed by atoms with Gasteiger partial charge in [-0.3, -0.25) is 0 Å². The zero-order chi connectivity index (χ0) is 11.3. The van der Waals surface area contributed by atoms with Crippen molar-refractivity contribution < 1.29 is 5.11 Å². The van der Waals surface area contributed by atoms with Crippen LogP contribution in [0.4, 0.5) is 5.69 Å². The third-order valence-corrected chi connectivity index (χ3v) is 2.42. The Morgan fingerprint density at radius 3 is 2.87 bits per heavy atom. The Morgan fingerprint density at radius 1 is 1.53 bits per heavy atom. The van der Waals surface area contributed by atoms with Crippen LogP contribution in [-0.4, -0.2) is 11.1 Å². The second-order valence-electron chi connectivity index (χ2n) is 3.91. The molecular formula is C13H19NO. The fourth-order valence-electron chi connectivity index (χ4n) is 1.52. The summed E-state index contributed by atoms with van der Waals surface area (Å²) in [7, 11) is 0. The van der Waals surface area contributed by atoms with Gasteiger partial charge in [0.1, 0.15) is 5.75 Å². The maximum absolute atomic E-state index is 9.27. The smallest absolute Gasteiger partial charge is 0.115 e. The summed E-state index contributed by atoms with van der Waals surface area (Å²) in [4.78, 5) is 0. The number of phenols is 1. The van der Waals surface area contributed by atoms with E-state index >= 15 is 0 Å². The summed E-state index contributed by atoms with van der Waals surface area (Å²) in [6.07, 6.45) is 4.02. The van der Waals surface area contributed by atoms with Crippen LogP contribution in [0.5, 0.6) is 5.75 Å². The lowest BCUT2D eigenvalue weighted by Gasteiger charge is -2.16. The average Bonchev–Trinajstić information content (AvgIpc) is 2.19. The molecule has 2 heteroatoms. The van der Waals surface area contributed by atoms with Gasteiger partial charge in [-0.2, -0.15) is 0 Å². The van der Waals surface area contributed by atoms with E-state index in [0.29, 0.717) is 11.8 Å². The minimum Gasteiger partial charge on any atom is -0.508 e. The minimum atomic E-state index is 0.316. The monoisotopic (exact) mass is 205 g/mol. The van der Waals surface area contributed by atoms with Gasteiger partial charge in [0.05, 0.1) is 0 Å². The SMILES string of the molecule is C=CCCC(C)Nc1ccc(O)cc1C. The molecule has 1 aromatic carbocycles. The van der Waals surface area contributed by atoms with Gasteiger partial charge in [-0.25, -0.2) is 0 Å². The lowest BCUT2D eigenvalue weighted by Crippen LogP contribution is -2.15. The summed E-state index contributed by atoms with van der Waals surface area (Å²) in [5.74, 6) is 0.316. The van der Waals surface area contributed by atoms with Crippen LogP contribution in [0.15, 0.2) is 30.9 Å². The van der Waals surface area contributed by atoms with Gasteiger partial charge in [-0.15, -0.1) is 6.58 Å². The Labute approximate surface area is 91.6 Å². The highest BCUT2D eigenvalue weighted by Crippen LogP contribution is 2.21. The lowest BCUT2D eigenvalue weighted by molar-refractivity contribution is 0.475. The predicted octanol–water partition coefficient (Wildman–Crippen LogP) is 3.47. The molecule has 0 amide bonds. The zero-order valence-corrected chi connectivity index (χ0v) is 9.46. The first-order valence-electron chi connectivity index (χ1n) is 5.30. The highest BCUT2D eigenvalue weighted by atomic mass is 16.3. The topological polar surface area (TPSA) is 32.3 Å². The van der Waals surface area contributed by atoms with Crippen LogP contribution in [0.25, 0.3) is 0 Å². The summed E-state index contributed by atoms with van der Waals surface area (Å²) in [5.41, 5.74) is 2.16. The number of aryl methyl sites for hydroxylation is 1. The summed E-state index contributed by atoms with van der Waals surface area (Å²) in [5, 5.41) is 12.7. The first kappa shape index (κ1) is 11.6. The van der Waals surface area contributed by atoms with Gasteiger partial charge >= 0.3 is 0 Å². The van der Waals surface area contributed by atoms with E-state index in [4.69, 9.17) is 0 Å². The maximum Gasteiger partial charge on any atom is 0.115 e. The molecule has 82 valence electrons. The van der Waals surface area contributed by atoms with Crippen LogP contribution >= 0.6 is 0 Å². The number of hydrogen-bond acceptors (Lipinski definition) is 2. The summed E-state index contributed by atoms with van der Waals surface area (Å²) >= 11 is 0. The number of nitrogens with one attached hydrogen (secondary N) is 1. The van der Waals surface area contributed by atoms with E-state index in [1.54, 1.807) is 12.1 Å². The Bertz CT molecular complexity index is 333. The Morgan fingerprint density at radius 2 is 2.27 bits per heavy atom. The van der Waals surface area contributed by atoms with Crippen molar-refractivity contribution in [2.24, 2.45) is 0 Å². The van der Waals surface area contributed by atoms with Crippen molar-refractivity contribution >= 4 is 5.69 Å². The van der Waals surface area contributed by atoms with E-state index in [1.807, 2.05) is 19.1 Å². The molecule has 2 N–H and O–H groups in total. The molecule has 0 aliphatic heterocycles. The van der Waals surface area contributed by atoms with Crippen LogP contribution in [0, 0.1) is 6.92 Å². The van der Waals surface area contributed by atoms with Crippen molar-refractivity contribution in [3.8, 4) is 5.75 Å². The molecule has 0 aliphatic rings. The number of hydrogen-bond donors (Lipinski definition) is 2. The number of aromatic hydroxyl groups is 1. The van der Waals surface area contributed by atoms with Crippen molar-refractivity contribution in [1.82, 2.24) is 0 Å². The molecule has 0 bridgehead atoms. The van der Waals surface area contributed by atoms with E-state index in [1.165, 1.54) is 0 Å². The second kappa shape index (κ2) is 5.44. The van der Waals surface area contributed by atoms with Gasteiger partial charge in [-0.05, 0) is 50.5 Å². The molecule has 1 rings (SSSR count). The molecular weight excluding hydrogens is 186 g/mol. The van der Waals surface area contributed by atoms with Gasteiger partial charge in [0.25, 0.3) is 0 Å². The van der Waals surface area contributed by atoms with E-state index < -0.39 is 0 Å². The molecule has 0 saturated heterocycles. The van der Waals surface area contributed by atoms with Gasteiger partial charge in [0, 0.05) is 11.7 Å². The number of rotatable bonds is 5. The zero-order valence-electron chi connectivity index (χ0n) is 9.46. The quantitative estimate of drug-likeness (QED) is 0.570. The van der Waals surface area contributed by atoms with Crippen LogP contribution in [0.3, 0.4) is 0 Å². The van der Waals surface area contributed by atoms with E-state index in [9.17, 15) is 5.11 Å². The van der Waals surface area contributed by atoms with Crippen LogP contribution in [0.2, 0.25) is 0 Å². The number of anilines is 1. The van der Waals surface area contributed by atoms with Crippen molar-refractivity contribution in [1.29, 1.82) is 0 Å². The lowest BCUT2D eigenvalue weighted by atomic mass is 10.1. The number of phenolic OH excluding ortho intramolecular Hbond substituents is 1. The first-order chi connectivity index (χ1) is 7.13. The van der Waals surface area contributed by atoms with Gasteiger partial charge < -0.3 is 10.4 Å². The first-order valence-corrected chi connectivity index (χ1v) is 5.30. The summed E-state index contributed by atoms with van der Waals surface area (Å²) in [6.45, 7) is 7.84. The summed E-state index contributed by atoms with van der Waals surface area (Å²) < 4.78 is 0. The molecule has 0 heterocycles. The third kappa shape index (κ3) is 3.66. The van der Waals surface area contributed by atoms with Crippen LogP contribution in [0.1, 0.15) is 25.3 Å². The maximum atomic E-state index is 9.27. The van der Waals surface area contributed by atoms with Gasteiger partial charge in [-0.1, -0.05) is 6.08 Å². The average molecular weight is 205 g/mol. The van der Waals surface area contributed by atoms with Crippen molar-refractivity contribution in [3.05, 3.63) is 36.4 Å². The van der Waals surface area contributed by atoms with Crippen LogP contribution in [-0.2, 0) is 0 Å². The van der Waals surface area contributed by atoms with Crippen molar-refractivity contribution in [2.45, 2.75) is 32.7 Å². The molecule has 1 atom stereocenters. The molecule has 0 radical (unpaired) electrons. The highest BCUT2D eigenvalue weighted by molar-refractivity contribution is 5.53. The Hall–Kier alpha value is -1.44. The fourth-order valence-corrected chi connectivity index (χ4v) is 1.52. The van der Waals surface area contributed by atoms with E-state index in [0.717, 1.165) is 24.1 Å². The molecule has 1 aromatic rings. The van der Waals surface area contributed by atoms with Crippen molar-refractivity contribution in [2.75, 3.05) is 5.32 Å². The fraction of sp³-hybridized carbons (Fsp3) is 0.385. The predicted molar refractivity (Wildman–Crippen MR) is 65.4 cm³/mol. The van der Waals surface area contributed by atoms with Gasteiger partial charge in [0.15, 0.2) is 0 Å². The molecule has 0 aromatic heterocycles. The van der Waals surface area contributed by atoms with Crippen molar-refractivity contribution in [3.63, 3.8) is 0 Å². The number of benzene rings is 1. The Balaban J connectivity index is 2.59. The molecule has 0 saturated carbocycles. The molecule has 0 spiro atoms. The third-order valence-electron chi connectivity index (χ3n) is 2.42. The second-order valence-corrected chi connectivity index (χ2v) is 3.91. The molecule has 0 aliphatic carbocycles. The van der Waals surface area contributed by atoms with Gasteiger partial charge in [0.2, 0.25) is 0 Å². The molecule has 15 heavy (non-hydrogen) atoms.